The van der Waals surface area contributed by atoms with Gasteiger partial charge in [-0.05, 0) is 26.0 Å². The van der Waals surface area contributed by atoms with E-state index in [0.717, 1.165) is 11.8 Å². The second-order valence-electron chi connectivity index (χ2n) is 6.51. The van der Waals surface area contributed by atoms with Crippen LogP contribution in [0.2, 0.25) is 0 Å². The summed E-state index contributed by atoms with van der Waals surface area (Å²) in [6, 6.07) is 3.75. The molecule has 2 aliphatic rings. The van der Waals surface area contributed by atoms with Crippen molar-refractivity contribution in [1.82, 2.24) is 10.2 Å². The zero-order valence-electron chi connectivity index (χ0n) is 15.6. The van der Waals surface area contributed by atoms with Gasteiger partial charge in [-0.25, -0.2) is 9.38 Å². The maximum atomic E-state index is 13.6. The maximum Gasteiger partial charge on any atom is 0.258 e. The van der Waals surface area contributed by atoms with Gasteiger partial charge in [-0.15, -0.1) is 0 Å². The van der Waals surface area contributed by atoms with E-state index in [1.807, 2.05) is 6.92 Å². The van der Waals surface area contributed by atoms with Gasteiger partial charge >= 0.3 is 0 Å². The molecule has 2 aliphatic heterocycles. The molecular weight excluding hydrogens is 385 g/mol. The van der Waals surface area contributed by atoms with Gasteiger partial charge in [-0.1, -0.05) is 11.6 Å². The Morgan fingerprint density at radius 3 is 2.86 bits per heavy atom. The first-order valence-electron chi connectivity index (χ1n) is 8.73. The lowest BCUT2D eigenvalue weighted by atomic mass is 10.1. The molecule has 0 aromatic heterocycles. The number of nitrogens with two attached hydrogens (primary N) is 1. The van der Waals surface area contributed by atoms with E-state index < -0.39 is 5.82 Å². The predicted molar refractivity (Wildman–Crippen MR) is 106 cm³/mol. The summed E-state index contributed by atoms with van der Waals surface area (Å²) in [5.74, 6) is -0.207. The summed E-state index contributed by atoms with van der Waals surface area (Å²) < 4.78 is 19.0. The van der Waals surface area contributed by atoms with Crippen LogP contribution in [-0.4, -0.2) is 48.5 Å². The second kappa shape index (κ2) is 8.12. The molecule has 28 heavy (non-hydrogen) atoms. The minimum atomic E-state index is -0.504. The Balaban J connectivity index is 1.87. The second-order valence-corrected chi connectivity index (χ2v) is 6.88. The van der Waals surface area contributed by atoms with E-state index in [9.17, 15) is 9.18 Å². The molecule has 1 amide bonds. The van der Waals surface area contributed by atoms with E-state index in [1.165, 1.54) is 17.0 Å². The average Bonchev–Trinajstić information content (AvgIpc) is 3.05. The van der Waals surface area contributed by atoms with Crippen LogP contribution < -0.4 is 15.8 Å². The topological polar surface area (TPSA) is 104 Å². The van der Waals surface area contributed by atoms with Crippen molar-refractivity contribution in [3.63, 3.8) is 0 Å². The van der Waals surface area contributed by atoms with Crippen molar-refractivity contribution >= 4 is 28.9 Å². The van der Waals surface area contributed by atoms with Gasteiger partial charge in [0.25, 0.3) is 5.91 Å². The highest BCUT2D eigenvalue weighted by Gasteiger charge is 2.31. The Hall–Kier alpha value is -2.71. The molecule has 7 nitrogen and oxygen atoms in total. The lowest BCUT2D eigenvalue weighted by Crippen LogP contribution is -2.29. The number of allylic oxidation sites excluding steroid dienone is 2. The SMILES string of the molecule is CC1=N/C(=C2\CN(C(=O)c3ccc(F)cc3OCCN)CC2=N)NC(C)=C1Cl. The fourth-order valence-corrected chi connectivity index (χ4v) is 3.10. The zero-order chi connectivity index (χ0) is 20.4. The number of rotatable bonds is 4. The third kappa shape index (κ3) is 3.93. The van der Waals surface area contributed by atoms with Crippen molar-refractivity contribution in [1.29, 1.82) is 5.41 Å². The number of amides is 1. The number of hydrogen-bond acceptors (Lipinski definition) is 6. The number of halogens is 2. The van der Waals surface area contributed by atoms with Crippen LogP contribution in [0.25, 0.3) is 0 Å². The summed E-state index contributed by atoms with van der Waals surface area (Å²) in [7, 11) is 0. The molecule has 1 aromatic rings. The van der Waals surface area contributed by atoms with Gasteiger partial charge in [0, 0.05) is 23.9 Å². The Morgan fingerprint density at radius 1 is 1.43 bits per heavy atom. The van der Waals surface area contributed by atoms with Crippen molar-refractivity contribution in [3.8, 4) is 5.75 Å². The first-order valence-corrected chi connectivity index (χ1v) is 9.11. The molecule has 1 saturated heterocycles. The van der Waals surface area contributed by atoms with Crippen LogP contribution in [0.3, 0.4) is 0 Å². The van der Waals surface area contributed by atoms with E-state index in [2.05, 4.69) is 10.3 Å². The van der Waals surface area contributed by atoms with Gasteiger partial charge in [-0.2, -0.15) is 0 Å². The monoisotopic (exact) mass is 405 g/mol. The van der Waals surface area contributed by atoms with Gasteiger partial charge in [0.05, 0.1) is 35.1 Å². The number of aliphatic imine (C=N–C) groups is 1. The van der Waals surface area contributed by atoms with Crippen molar-refractivity contribution in [3.05, 3.63) is 51.7 Å². The van der Waals surface area contributed by atoms with Crippen molar-refractivity contribution < 1.29 is 13.9 Å². The van der Waals surface area contributed by atoms with Gasteiger partial charge in [-0.3, -0.25) is 4.79 Å². The number of hydrogen-bond donors (Lipinski definition) is 3. The van der Waals surface area contributed by atoms with Crippen molar-refractivity contribution in [2.75, 3.05) is 26.2 Å². The zero-order valence-corrected chi connectivity index (χ0v) is 16.4. The maximum absolute atomic E-state index is 13.6. The Bertz CT molecular complexity index is 938. The molecule has 1 aromatic carbocycles. The van der Waals surface area contributed by atoms with Crippen molar-refractivity contribution in [2.24, 2.45) is 10.7 Å². The molecule has 9 heteroatoms. The molecule has 148 valence electrons. The molecule has 0 bridgehead atoms. The summed E-state index contributed by atoms with van der Waals surface area (Å²) in [5.41, 5.74) is 7.94. The summed E-state index contributed by atoms with van der Waals surface area (Å²) in [6.45, 7) is 4.34. The predicted octanol–water partition coefficient (Wildman–Crippen LogP) is 2.38. The summed E-state index contributed by atoms with van der Waals surface area (Å²) in [4.78, 5) is 18.9. The molecule has 0 spiro atoms. The van der Waals surface area contributed by atoms with Gasteiger partial charge in [0.2, 0.25) is 0 Å². The molecule has 0 aliphatic carbocycles. The molecule has 0 atom stereocenters. The Morgan fingerprint density at radius 2 is 2.18 bits per heavy atom. The molecule has 0 saturated carbocycles. The average molecular weight is 406 g/mol. The van der Waals surface area contributed by atoms with E-state index in [4.69, 9.17) is 27.5 Å². The van der Waals surface area contributed by atoms with Crippen LogP contribution in [0.5, 0.6) is 5.75 Å². The van der Waals surface area contributed by atoms with Crippen LogP contribution >= 0.6 is 11.6 Å². The normalized spacial score (nSPS) is 19.7. The first-order chi connectivity index (χ1) is 13.3. The molecule has 2 heterocycles. The van der Waals surface area contributed by atoms with E-state index in [-0.39, 0.29) is 49.2 Å². The van der Waals surface area contributed by atoms with Crippen molar-refractivity contribution in [2.45, 2.75) is 13.8 Å². The van der Waals surface area contributed by atoms with E-state index in [1.54, 1.807) is 6.92 Å². The molecular formula is C19H21ClFN5O2. The number of carbonyl (C=O) groups is 1. The third-order valence-electron chi connectivity index (χ3n) is 4.42. The highest BCUT2D eigenvalue weighted by atomic mass is 35.5. The fourth-order valence-electron chi connectivity index (χ4n) is 3.01. The smallest absolute Gasteiger partial charge is 0.258 e. The standard InChI is InChI=1S/C19H21ClFN5O2/c1-10-17(20)11(2)25-18(24-10)14-8-26(9-15(14)23)19(27)13-4-3-12(21)7-16(13)28-6-5-22/h3-4,7,23-24H,5-6,8-9,22H2,1-2H3/b18-14+,23-15?. The van der Waals surface area contributed by atoms with Gasteiger partial charge in [0.1, 0.15) is 24.0 Å². The van der Waals surface area contributed by atoms with Crippen LogP contribution in [0, 0.1) is 11.2 Å². The van der Waals surface area contributed by atoms with E-state index >= 15 is 0 Å². The summed E-state index contributed by atoms with van der Waals surface area (Å²) >= 11 is 6.15. The third-order valence-corrected chi connectivity index (χ3v) is 4.97. The Kier molecular flexibility index (Phi) is 5.81. The number of ether oxygens (including phenoxy) is 1. The molecule has 1 fully saturated rings. The quantitative estimate of drug-likeness (QED) is 0.715. The fraction of sp³-hybridized carbons (Fsp3) is 0.316. The van der Waals surface area contributed by atoms with E-state index in [0.29, 0.717) is 22.1 Å². The van der Waals surface area contributed by atoms with Gasteiger partial charge in [0.15, 0.2) is 0 Å². The molecule has 4 N–H and O–H groups in total. The minimum Gasteiger partial charge on any atom is -0.491 e. The number of likely N-dealkylation sites (tertiary alicyclic amines) is 1. The largest absolute Gasteiger partial charge is 0.491 e. The summed E-state index contributed by atoms with van der Waals surface area (Å²) in [5, 5.41) is 11.9. The molecule has 3 rings (SSSR count). The van der Waals surface area contributed by atoms with Crippen LogP contribution in [-0.2, 0) is 0 Å². The number of benzene rings is 1. The lowest BCUT2D eigenvalue weighted by Gasteiger charge is -2.19. The Labute approximate surface area is 167 Å². The minimum absolute atomic E-state index is 0.123. The molecule has 0 radical (unpaired) electrons. The number of nitrogens with zero attached hydrogens (tertiary/aromatic N) is 2. The lowest BCUT2D eigenvalue weighted by molar-refractivity contribution is 0.0799. The highest BCUT2D eigenvalue weighted by molar-refractivity contribution is 6.43. The van der Waals surface area contributed by atoms with Crippen LogP contribution in [0.15, 0.2) is 45.3 Å². The number of carbonyl (C=O) groups excluding carboxylic acids is 1. The number of nitrogens with one attached hydrogen (secondary N) is 2. The van der Waals surface area contributed by atoms with Gasteiger partial charge < -0.3 is 26.1 Å². The van der Waals surface area contributed by atoms with Crippen LogP contribution in [0.4, 0.5) is 4.39 Å². The highest BCUT2D eigenvalue weighted by Crippen LogP contribution is 2.27. The summed E-state index contributed by atoms with van der Waals surface area (Å²) in [6.07, 6.45) is 0. The molecule has 0 unspecified atom stereocenters. The van der Waals surface area contributed by atoms with Crippen LogP contribution in [0.1, 0.15) is 24.2 Å². The first kappa shape index (κ1) is 20.0.